The van der Waals surface area contributed by atoms with Gasteiger partial charge < -0.3 is 18.3 Å². The maximum absolute atomic E-state index is 5.73. The van der Waals surface area contributed by atoms with E-state index in [0.717, 1.165) is 84.0 Å². The molecule has 5 heterocycles. The molecule has 0 N–H and O–H groups in total. The highest BCUT2D eigenvalue weighted by Gasteiger charge is 2.29. The fourth-order valence-corrected chi connectivity index (χ4v) is 15.4. The third-order valence-electron chi connectivity index (χ3n) is 19.5. The Kier molecular flexibility index (Phi) is 10.8. The van der Waals surface area contributed by atoms with Crippen molar-refractivity contribution in [2.45, 2.75) is 0 Å². The molecule has 0 bridgehead atoms. The van der Waals surface area contributed by atoms with Gasteiger partial charge in [-0.2, -0.15) is 0 Å². The van der Waals surface area contributed by atoms with E-state index in [-0.39, 0.29) is 0 Å². The van der Waals surface area contributed by atoms with Crippen LogP contribution in [0.2, 0.25) is 0 Å². The first kappa shape index (κ1) is 50.6. The van der Waals surface area contributed by atoms with Crippen molar-refractivity contribution in [1.82, 2.24) is 28.2 Å². The van der Waals surface area contributed by atoms with E-state index >= 15 is 0 Å². The quantitative estimate of drug-likeness (QED) is 0.152. The van der Waals surface area contributed by atoms with E-state index < -0.39 is 0 Å². The van der Waals surface area contributed by atoms with Crippen LogP contribution >= 0.6 is 0 Å². The number of benzene rings is 14. The molecule has 0 unspecified atom stereocenters. The van der Waals surface area contributed by atoms with Crippen molar-refractivity contribution in [3.8, 4) is 90.0 Å². The van der Waals surface area contributed by atoms with Gasteiger partial charge in [0.1, 0.15) is 0 Å². The molecule has 0 amide bonds. The smallest absolute Gasteiger partial charge is 0.160 e. The second-order valence-electron chi connectivity index (χ2n) is 24.4. The molecule has 0 fully saturated rings. The Balaban J connectivity index is 0.709. The number of hydrogen-bond acceptors (Lipinski definition) is 2. The Hall–Kier alpha value is -12.4. The van der Waals surface area contributed by atoms with Crippen molar-refractivity contribution in [3.05, 3.63) is 315 Å². The van der Waals surface area contributed by atoms with Gasteiger partial charge in [0.2, 0.25) is 0 Å². The van der Waals surface area contributed by atoms with Crippen molar-refractivity contribution in [1.29, 1.82) is 0 Å². The molecule has 1 aliphatic carbocycles. The second kappa shape index (κ2) is 19.6. The van der Waals surface area contributed by atoms with Gasteiger partial charge in [0.05, 0.1) is 55.5 Å². The van der Waals surface area contributed by atoms with Gasteiger partial charge in [-0.3, -0.25) is 0 Å². The summed E-state index contributed by atoms with van der Waals surface area (Å²) >= 11 is 0. The number of hydrogen-bond donors (Lipinski definition) is 0. The SMILES string of the molecule is c1ccc(-n2c3ccccc3c3cc(-c4ccc5c(c4)c4ccccc4n5-c4cccc(-c5nc(-c6cccc(-n7c8ccccc8c8cc(-c9ccc%10c(c9)c9ccccc9n%10-c9ccccc9)ccc87)c6)c6c(n5)-c5cccc7cccc-6c57)c4)ccc32)cc1. The lowest BCUT2D eigenvalue weighted by molar-refractivity contribution is 1.16. The predicted molar refractivity (Wildman–Crippen MR) is 383 cm³/mol. The molecule has 0 saturated carbocycles. The molecule has 20 rings (SSSR count). The first-order chi connectivity index (χ1) is 45.6. The van der Waals surface area contributed by atoms with E-state index in [9.17, 15) is 0 Å². The number of aromatic nitrogens is 6. The largest absolute Gasteiger partial charge is 0.309 e. The lowest BCUT2D eigenvalue weighted by atomic mass is 9.99. The standard InChI is InChI=1S/C86H52N6/c1-3-23-60(24-4-1)89-74-35-11-7-29-64(74)70-49-54(39-43-78(70)89)56-41-45-80-72(51-56)66-31-9-13-37-76(66)91(80)62-27-15-21-58(47-62)84-83-68-33-17-19-53-20-18-34-69(82(53)68)85(83)88-86(87-84)59-22-16-28-63(48-59)92-77-38-14-10-32-67(77)73-52-57(42-46-81(73)92)55-40-44-79-71(50-55)65-30-8-12-36-75(65)90(79)61-25-5-2-6-26-61/h1-52H. The van der Waals surface area contributed by atoms with Crippen LogP contribution in [0.3, 0.4) is 0 Å². The zero-order valence-electron chi connectivity index (χ0n) is 49.7. The van der Waals surface area contributed by atoms with E-state index in [4.69, 9.17) is 9.97 Å². The summed E-state index contributed by atoms with van der Waals surface area (Å²) in [6.07, 6.45) is 0. The lowest BCUT2D eigenvalue weighted by Crippen LogP contribution is -2.00. The van der Waals surface area contributed by atoms with E-state index in [1.807, 2.05) is 0 Å². The van der Waals surface area contributed by atoms with Crippen molar-refractivity contribution in [3.63, 3.8) is 0 Å². The van der Waals surface area contributed by atoms with Crippen LogP contribution in [0.25, 0.3) is 188 Å². The monoisotopic (exact) mass is 1170 g/mol. The molecule has 92 heavy (non-hydrogen) atoms. The highest BCUT2D eigenvalue weighted by atomic mass is 15.0. The van der Waals surface area contributed by atoms with Crippen molar-refractivity contribution in [2.75, 3.05) is 0 Å². The van der Waals surface area contributed by atoms with Crippen LogP contribution in [0.4, 0.5) is 0 Å². The van der Waals surface area contributed by atoms with E-state index in [1.165, 1.54) is 98.2 Å². The topological polar surface area (TPSA) is 45.5 Å². The van der Waals surface area contributed by atoms with E-state index in [0.29, 0.717) is 5.82 Å². The molecule has 0 aliphatic heterocycles. The summed E-state index contributed by atoms with van der Waals surface area (Å²) in [5.41, 5.74) is 25.6. The molecule has 5 aromatic heterocycles. The molecule has 0 radical (unpaired) electrons. The number of fused-ring (bicyclic) bond motifs is 15. The van der Waals surface area contributed by atoms with Gasteiger partial charge in [0.15, 0.2) is 5.82 Å². The zero-order valence-corrected chi connectivity index (χ0v) is 49.7. The van der Waals surface area contributed by atoms with Gasteiger partial charge in [-0.25, -0.2) is 9.97 Å². The van der Waals surface area contributed by atoms with Gasteiger partial charge in [-0.1, -0.05) is 194 Å². The minimum absolute atomic E-state index is 0.676. The average molecular weight is 1170 g/mol. The van der Waals surface area contributed by atoms with Gasteiger partial charge in [-0.05, 0) is 160 Å². The van der Waals surface area contributed by atoms with Gasteiger partial charge in [0, 0.05) is 88.1 Å². The molecule has 0 atom stereocenters. The highest BCUT2D eigenvalue weighted by Crippen LogP contribution is 2.51. The molecule has 426 valence electrons. The number of para-hydroxylation sites is 6. The summed E-state index contributed by atoms with van der Waals surface area (Å²) < 4.78 is 9.59. The Bertz CT molecular complexity index is 6310. The summed E-state index contributed by atoms with van der Waals surface area (Å²) in [7, 11) is 0. The van der Waals surface area contributed by atoms with Crippen LogP contribution in [0.1, 0.15) is 0 Å². The molecular formula is C86H52N6. The Morgan fingerprint density at radius 3 is 0.989 bits per heavy atom. The average Bonchev–Trinajstić information content (AvgIpc) is 1.61. The van der Waals surface area contributed by atoms with Crippen LogP contribution in [0, 0.1) is 0 Å². The maximum Gasteiger partial charge on any atom is 0.160 e. The summed E-state index contributed by atoms with van der Waals surface area (Å²) in [4.78, 5) is 11.3. The van der Waals surface area contributed by atoms with Gasteiger partial charge in [-0.15, -0.1) is 0 Å². The molecule has 0 spiro atoms. The minimum Gasteiger partial charge on any atom is -0.309 e. The Labute approximate surface area is 528 Å². The molecule has 0 saturated heterocycles. The molecule has 19 aromatic rings. The summed E-state index contributed by atoms with van der Waals surface area (Å²) in [5, 5.41) is 12.2. The molecule has 14 aromatic carbocycles. The summed E-state index contributed by atoms with van der Waals surface area (Å²) in [6, 6.07) is 115. The van der Waals surface area contributed by atoms with Gasteiger partial charge >= 0.3 is 0 Å². The highest BCUT2D eigenvalue weighted by molar-refractivity contribution is 6.18. The van der Waals surface area contributed by atoms with Crippen LogP contribution in [-0.4, -0.2) is 28.2 Å². The van der Waals surface area contributed by atoms with E-state index in [2.05, 4.69) is 334 Å². The zero-order chi connectivity index (χ0) is 60.1. The lowest BCUT2D eigenvalue weighted by Gasteiger charge is -2.15. The molecule has 1 aliphatic rings. The molecule has 6 nitrogen and oxygen atoms in total. The maximum atomic E-state index is 5.73. The molecule has 6 heteroatoms. The summed E-state index contributed by atoms with van der Waals surface area (Å²) in [6.45, 7) is 0. The van der Waals surface area contributed by atoms with Crippen molar-refractivity contribution in [2.24, 2.45) is 0 Å². The first-order valence-corrected chi connectivity index (χ1v) is 31.5. The van der Waals surface area contributed by atoms with Crippen molar-refractivity contribution < 1.29 is 0 Å². The van der Waals surface area contributed by atoms with Crippen LogP contribution in [-0.2, 0) is 0 Å². The first-order valence-electron chi connectivity index (χ1n) is 31.5. The predicted octanol–water partition coefficient (Wildman–Crippen LogP) is 22.3. The van der Waals surface area contributed by atoms with Crippen LogP contribution in [0.15, 0.2) is 315 Å². The third kappa shape index (κ3) is 7.43. The van der Waals surface area contributed by atoms with Crippen molar-refractivity contribution >= 4 is 98.0 Å². The Morgan fingerprint density at radius 1 is 0.207 bits per heavy atom. The van der Waals surface area contributed by atoms with Crippen LogP contribution < -0.4 is 0 Å². The fourth-order valence-electron chi connectivity index (χ4n) is 15.4. The third-order valence-corrected chi connectivity index (χ3v) is 19.5. The van der Waals surface area contributed by atoms with Crippen LogP contribution in [0.5, 0.6) is 0 Å². The normalized spacial score (nSPS) is 12.1. The number of rotatable bonds is 8. The fraction of sp³-hybridized carbons (Fsp3) is 0. The number of nitrogens with zero attached hydrogens (tertiary/aromatic N) is 6. The summed E-state index contributed by atoms with van der Waals surface area (Å²) in [5.74, 6) is 0.676. The second-order valence-corrected chi connectivity index (χ2v) is 24.4. The molecular weight excluding hydrogens is 1120 g/mol. The van der Waals surface area contributed by atoms with Gasteiger partial charge in [0.25, 0.3) is 0 Å². The minimum atomic E-state index is 0.676. The Morgan fingerprint density at radius 2 is 0.543 bits per heavy atom. The van der Waals surface area contributed by atoms with E-state index in [1.54, 1.807) is 0 Å².